The van der Waals surface area contributed by atoms with Crippen LogP contribution in [0.2, 0.25) is 10.0 Å². The predicted octanol–water partition coefficient (Wildman–Crippen LogP) is 4.28. The summed E-state index contributed by atoms with van der Waals surface area (Å²) in [5.74, 6) is -0.405. The second-order valence-electron chi connectivity index (χ2n) is 4.56. The monoisotopic (exact) mass is 286 g/mol. The summed E-state index contributed by atoms with van der Waals surface area (Å²) in [7, 11) is 0. The quantitative estimate of drug-likeness (QED) is 0.810. The van der Waals surface area contributed by atoms with Gasteiger partial charge in [0.1, 0.15) is 11.6 Å². The third-order valence-corrected chi connectivity index (χ3v) is 3.97. The van der Waals surface area contributed by atoms with Crippen molar-refractivity contribution in [3.63, 3.8) is 0 Å². The lowest BCUT2D eigenvalue weighted by atomic mass is 9.81. The van der Waals surface area contributed by atoms with Crippen LogP contribution in [0, 0.1) is 5.92 Å². The lowest BCUT2D eigenvalue weighted by Gasteiger charge is -2.22. The molecule has 0 saturated carbocycles. The fourth-order valence-electron chi connectivity index (χ4n) is 1.96. The van der Waals surface area contributed by atoms with Crippen LogP contribution < -0.4 is 0 Å². The largest absolute Gasteiger partial charge is 0.300 e. The molecule has 1 rings (SSSR count). The summed E-state index contributed by atoms with van der Waals surface area (Å²) in [5, 5.41) is 0.872. The first kappa shape index (κ1) is 15.2. The van der Waals surface area contributed by atoms with Crippen LogP contribution in [0.3, 0.4) is 0 Å². The van der Waals surface area contributed by atoms with Gasteiger partial charge in [0.25, 0.3) is 0 Å². The third-order valence-electron chi connectivity index (χ3n) is 3.13. The molecule has 0 aromatic heterocycles. The first-order valence-electron chi connectivity index (χ1n) is 5.78. The van der Waals surface area contributed by atoms with Gasteiger partial charge in [-0.15, -0.1) is 0 Å². The van der Waals surface area contributed by atoms with Crippen LogP contribution in [0.15, 0.2) is 18.2 Å². The van der Waals surface area contributed by atoms with Gasteiger partial charge in [0.2, 0.25) is 0 Å². The van der Waals surface area contributed by atoms with Gasteiger partial charge in [-0.3, -0.25) is 4.79 Å². The van der Waals surface area contributed by atoms with Crippen LogP contribution >= 0.6 is 23.2 Å². The molecule has 0 saturated heterocycles. The highest BCUT2D eigenvalue weighted by molar-refractivity contribution is 6.42. The van der Waals surface area contributed by atoms with Crippen molar-refractivity contribution in [3.05, 3.63) is 33.8 Å². The first-order chi connectivity index (χ1) is 8.34. The molecule has 2 atom stereocenters. The van der Waals surface area contributed by atoms with E-state index < -0.39 is 0 Å². The summed E-state index contributed by atoms with van der Waals surface area (Å²) >= 11 is 12.1. The molecule has 0 aliphatic rings. The molecule has 0 heterocycles. The molecule has 2 unspecified atom stereocenters. The Bertz CT molecular complexity index is 469. The molecule has 0 radical (unpaired) electrons. The van der Waals surface area contributed by atoms with E-state index in [9.17, 15) is 9.59 Å². The van der Waals surface area contributed by atoms with E-state index in [1.165, 1.54) is 13.8 Å². The number of carbonyl (C=O) groups is 2. The molecular weight excluding hydrogens is 271 g/mol. The maximum Gasteiger partial charge on any atom is 0.133 e. The number of hydrogen-bond donors (Lipinski definition) is 0. The molecule has 1 aromatic carbocycles. The van der Waals surface area contributed by atoms with Gasteiger partial charge in [-0.25, -0.2) is 0 Å². The number of hydrogen-bond acceptors (Lipinski definition) is 2. The summed E-state index contributed by atoms with van der Waals surface area (Å²) in [6, 6.07) is 5.29. The Kier molecular flexibility index (Phi) is 5.36. The highest BCUT2D eigenvalue weighted by Gasteiger charge is 2.26. The maximum absolute atomic E-state index is 11.5. The summed E-state index contributed by atoms with van der Waals surface area (Å²) in [4.78, 5) is 22.9. The van der Waals surface area contributed by atoms with E-state index in [4.69, 9.17) is 23.2 Å². The molecule has 18 heavy (non-hydrogen) atoms. The van der Waals surface area contributed by atoms with Gasteiger partial charge in [0.05, 0.1) is 10.0 Å². The Balaban J connectivity index is 3.21. The second-order valence-corrected chi connectivity index (χ2v) is 5.34. The molecule has 2 nitrogen and oxygen atoms in total. The standard InChI is InChI=1S/C14H16Cl2O2/c1-8(17)7-12(9(2)10(3)18)11-5-4-6-13(15)14(11)16/h4-6,9,12H,7H2,1-3H3. The summed E-state index contributed by atoms with van der Waals surface area (Å²) in [5.41, 5.74) is 0.766. The zero-order valence-electron chi connectivity index (χ0n) is 10.7. The van der Waals surface area contributed by atoms with E-state index in [1.54, 1.807) is 12.1 Å². The third kappa shape index (κ3) is 3.56. The van der Waals surface area contributed by atoms with Crippen LogP contribution in [0.1, 0.15) is 38.7 Å². The first-order valence-corrected chi connectivity index (χ1v) is 6.54. The van der Waals surface area contributed by atoms with Gasteiger partial charge in [-0.05, 0) is 25.5 Å². The zero-order chi connectivity index (χ0) is 13.9. The van der Waals surface area contributed by atoms with E-state index in [0.29, 0.717) is 16.5 Å². The number of halogens is 2. The Labute approximate surface area is 117 Å². The molecule has 1 aromatic rings. The Morgan fingerprint density at radius 3 is 2.33 bits per heavy atom. The van der Waals surface area contributed by atoms with Crippen LogP contribution in [0.4, 0.5) is 0 Å². The van der Waals surface area contributed by atoms with E-state index in [2.05, 4.69) is 0 Å². The fraction of sp³-hybridized carbons (Fsp3) is 0.429. The molecule has 0 N–H and O–H groups in total. The maximum atomic E-state index is 11.5. The van der Waals surface area contributed by atoms with Crippen molar-refractivity contribution in [3.8, 4) is 0 Å². The number of rotatable bonds is 5. The van der Waals surface area contributed by atoms with Crippen molar-refractivity contribution in [2.24, 2.45) is 5.92 Å². The SMILES string of the molecule is CC(=O)CC(c1cccc(Cl)c1Cl)C(C)C(C)=O. The van der Waals surface area contributed by atoms with Crippen LogP contribution in [-0.2, 0) is 9.59 Å². The van der Waals surface area contributed by atoms with Gasteiger partial charge in [0, 0.05) is 18.3 Å². The summed E-state index contributed by atoms with van der Waals surface area (Å²) < 4.78 is 0. The smallest absolute Gasteiger partial charge is 0.133 e. The number of benzene rings is 1. The Hall–Kier alpha value is -0.860. The summed E-state index contributed by atoms with van der Waals surface area (Å²) in [6.07, 6.45) is 0.292. The van der Waals surface area contributed by atoms with Crippen LogP contribution in [0.25, 0.3) is 0 Å². The van der Waals surface area contributed by atoms with Gasteiger partial charge in [-0.1, -0.05) is 42.3 Å². The molecule has 4 heteroatoms. The average molecular weight is 287 g/mol. The highest BCUT2D eigenvalue weighted by atomic mass is 35.5. The van der Waals surface area contributed by atoms with Crippen molar-refractivity contribution >= 4 is 34.8 Å². The average Bonchev–Trinajstić information content (AvgIpc) is 2.28. The van der Waals surface area contributed by atoms with Crippen molar-refractivity contribution in [2.75, 3.05) is 0 Å². The van der Waals surface area contributed by atoms with Crippen molar-refractivity contribution in [2.45, 2.75) is 33.1 Å². The van der Waals surface area contributed by atoms with Gasteiger partial charge >= 0.3 is 0 Å². The minimum Gasteiger partial charge on any atom is -0.300 e. The van der Waals surface area contributed by atoms with E-state index >= 15 is 0 Å². The number of Topliss-reactive ketones (excluding diaryl/α,β-unsaturated/α-hetero) is 2. The molecule has 0 amide bonds. The van der Waals surface area contributed by atoms with Crippen LogP contribution in [0.5, 0.6) is 0 Å². The van der Waals surface area contributed by atoms with Crippen molar-refractivity contribution in [1.29, 1.82) is 0 Å². The fourth-order valence-corrected chi connectivity index (χ4v) is 2.40. The van der Waals surface area contributed by atoms with Crippen molar-refractivity contribution < 1.29 is 9.59 Å². The van der Waals surface area contributed by atoms with Gasteiger partial charge in [0.15, 0.2) is 0 Å². The molecule has 98 valence electrons. The minimum absolute atomic E-state index is 0.0316. The minimum atomic E-state index is -0.259. The van der Waals surface area contributed by atoms with Crippen LogP contribution in [-0.4, -0.2) is 11.6 Å². The van der Waals surface area contributed by atoms with Crippen molar-refractivity contribution in [1.82, 2.24) is 0 Å². The van der Waals surface area contributed by atoms with Gasteiger partial charge in [-0.2, -0.15) is 0 Å². The van der Waals surface area contributed by atoms with E-state index in [0.717, 1.165) is 5.56 Å². The lowest BCUT2D eigenvalue weighted by molar-refractivity contribution is -0.121. The predicted molar refractivity (Wildman–Crippen MR) is 74.3 cm³/mol. The molecule has 0 fully saturated rings. The highest BCUT2D eigenvalue weighted by Crippen LogP contribution is 2.37. The Morgan fingerprint density at radius 1 is 1.22 bits per heavy atom. The van der Waals surface area contributed by atoms with E-state index in [-0.39, 0.29) is 23.4 Å². The van der Waals surface area contributed by atoms with Gasteiger partial charge < -0.3 is 4.79 Å². The Morgan fingerprint density at radius 2 is 1.83 bits per heavy atom. The van der Waals surface area contributed by atoms with E-state index in [1.807, 2.05) is 13.0 Å². The molecule has 0 spiro atoms. The number of carbonyl (C=O) groups excluding carboxylic acids is 2. The molecule has 0 aliphatic carbocycles. The lowest BCUT2D eigenvalue weighted by Crippen LogP contribution is -2.19. The summed E-state index contributed by atoms with van der Waals surface area (Å²) in [6.45, 7) is 4.85. The molecular formula is C14H16Cl2O2. The number of ketones is 2. The zero-order valence-corrected chi connectivity index (χ0v) is 12.2. The molecule has 0 bridgehead atoms. The molecule has 0 aliphatic heterocycles. The topological polar surface area (TPSA) is 34.1 Å². The second kappa shape index (κ2) is 6.35. The normalized spacial score (nSPS) is 14.1.